The second kappa shape index (κ2) is 9.38. The number of piperidine rings is 1. The highest BCUT2D eigenvalue weighted by atomic mass is 16.5. The molecule has 3 aromatic rings. The first-order valence-corrected chi connectivity index (χ1v) is 12.6. The number of methoxy groups -OCH3 is 2. The number of fused-ring (bicyclic) bond motifs is 2. The normalized spacial score (nSPS) is 22.2. The number of nitrogens with two attached hydrogens (primary N) is 1. The summed E-state index contributed by atoms with van der Waals surface area (Å²) in [5.41, 5.74) is 9.14. The number of ether oxygens (including phenoxy) is 2. The lowest BCUT2D eigenvalue weighted by Gasteiger charge is -2.42. The minimum atomic E-state index is -0.116. The van der Waals surface area contributed by atoms with Crippen molar-refractivity contribution in [2.75, 3.05) is 37.9 Å². The molecule has 1 amide bonds. The Hall–Kier alpha value is -4.15. The van der Waals surface area contributed by atoms with Crippen LogP contribution in [-0.4, -0.2) is 69.9 Å². The Morgan fingerprint density at radius 1 is 1.03 bits per heavy atom. The molecule has 6 rings (SSSR count). The number of aromatic amines is 1. The van der Waals surface area contributed by atoms with E-state index in [1.807, 2.05) is 18.2 Å². The van der Waals surface area contributed by atoms with Crippen LogP contribution in [0.4, 0.5) is 11.8 Å². The summed E-state index contributed by atoms with van der Waals surface area (Å²) < 4.78 is 11.0. The van der Waals surface area contributed by atoms with Crippen LogP contribution >= 0.6 is 0 Å². The Balaban J connectivity index is 1.29. The van der Waals surface area contributed by atoms with Crippen LogP contribution in [0.5, 0.6) is 11.5 Å². The number of allylic oxidation sites excluding steroid dienone is 2. The van der Waals surface area contributed by atoms with Gasteiger partial charge in [-0.25, -0.2) is 9.99 Å². The van der Waals surface area contributed by atoms with Crippen molar-refractivity contribution >= 4 is 34.5 Å². The summed E-state index contributed by atoms with van der Waals surface area (Å²) in [6.45, 7) is 1.43. The van der Waals surface area contributed by atoms with Crippen LogP contribution in [0.15, 0.2) is 41.8 Å². The van der Waals surface area contributed by atoms with Gasteiger partial charge in [-0.15, -0.1) is 0 Å². The zero-order chi connectivity index (χ0) is 25.5. The van der Waals surface area contributed by atoms with Gasteiger partial charge in [-0.05, 0) is 43.9 Å². The van der Waals surface area contributed by atoms with E-state index in [0.717, 1.165) is 48.3 Å². The maximum atomic E-state index is 13.7. The summed E-state index contributed by atoms with van der Waals surface area (Å²) in [6.07, 6.45) is 8.92. The van der Waals surface area contributed by atoms with E-state index in [0.29, 0.717) is 30.2 Å². The van der Waals surface area contributed by atoms with Gasteiger partial charge >= 0.3 is 0 Å². The van der Waals surface area contributed by atoms with Gasteiger partial charge in [0.2, 0.25) is 11.9 Å². The fourth-order valence-corrected chi connectivity index (χ4v) is 5.71. The summed E-state index contributed by atoms with van der Waals surface area (Å²) in [5.74, 6) is 2.30. The third-order valence-corrected chi connectivity index (χ3v) is 7.62. The number of rotatable bonds is 5. The number of hydrazone groups is 1. The lowest BCUT2D eigenvalue weighted by molar-refractivity contribution is -0.140. The molecule has 37 heavy (non-hydrogen) atoms. The molecule has 1 aliphatic carbocycles. The molecule has 2 aromatic heterocycles. The number of hydrogen-bond donors (Lipinski definition) is 2. The van der Waals surface area contributed by atoms with Gasteiger partial charge in [0.25, 0.3) is 0 Å². The van der Waals surface area contributed by atoms with E-state index in [1.54, 1.807) is 25.6 Å². The summed E-state index contributed by atoms with van der Waals surface area (Å²) in [6, 6.07) is 5.86. The number of hydrogen-bond acceptors (Lipinski definition) is 9. The molecule has 4 heterocycles. The van der Waals surface area contributed by atoms with Crippen LogP contribution in [0.2, 0.25) is 0 Å². The lowest BCUT2D eigenvalue weighted by atomic mass is 9.76. The van der Waals surface area contributed by atoms with Crippen molar-refractivity contribution < 1.29 is 14.3 Å². The number of nitrogens with zero attached hydrogens (tertiary/aromatic N) is 6. The number of benzene rings is 1. The van der Waals surface area contributed by atoms with Crippen molar-refractivity contribution in [1.29, 1.82) is 0 Å². The first-order chi connectivity index (χ1) is 18.1. The van der Waals surface area contributed by atoms with Crippen LogP contribution in [0, 0.1) is 11.8 Å². The molecule has 3 aliphatic rings. The standard InChI is InChI=1S/C26H30N8O3/c1-36-19-8-7-15(13-20(19)37-2)21-17-5-3-4-6-18(17)25(35)34(32-21)16-9-11-33(12-10-16)24-22-23(29-14-28-22)30-26(27)31-24/h3-4,7-8,13-14,16-18H,5-6,9-12H2,1-2H3,(H3,27,28,29,30,31)/t17-,18+/m0/s1. The molecule has 3 N–H and O–H groups in total. The van der Waals surface area contributed by atoms with Crippen molar-refractivity contribution in [3.05, 3.63) is 42.2 Å². The van der Waals surface area contributed by atoms with E-state index in [2.05, 4.69) is 37.0 Å². The van der Waals surface area contributed by atoms with Gasteiger partial charge in [0, 0.05) is 24.6 Å². The topological polar surface area (TPSA) is 135 Å². The highest BCUT2D eigenvalue weighted by Gasteiger charge is 2.43. The Labute approximate surface area is 214 Å². The van der Waals surface area contributed by atoms with Crippen molar-refractivity contribution in [3.8, 4) is 11.5 Å². The molecule has 11 heteroatoms. The first kappa shape index (κ1) is 23.3. The second-order valence-electron chi connectivity index (χ2n) is 9.62. The number of nitrogens with one attached hydrogen (secondary N) is 1. The summed E-state index contributed by atoms with van der Waals surface area (Å²) in [4.78, 5) is 31.9. The van der Waals surface area contributed by atoms with Crippen LogP contribution in [-0.2, 0) is 4.79 Å². The number of imidazole rings is 1. The SMILES string of the molecule is COc1ccc(C2=NN(C3CCN(c4nc(N)nc5nc[nH]c45)CC3)C(=O)[C@@H]3CC=CC[C@H]23)cc1OC. The Bertz CT molecular complexity index is 1390. The van der Waals surface area contributed by atoms with Gasteiger partial charge in [0.15, 0.2) is 23.0 Å². The molecule has 0 unspecified atom stereocenters. The number of carbonyl (C=O) groups excluding carboxylic acids is 1. The van der Waals surface area contributed by atoms with E-state index in [9.17, 15) is 4.79 Å². The molecule has 192 valence electrons. The van der Waals surface area contributed by atoms with E-state index in [-0.39, 0.29) is 29.7 Å². The smallest absolute Gasteiger partial charge is 0.247 e. The molecular weight excluding hydrogens is 472 g/mol. The largest absolute Gasteiger partial charge is 0.493 e. The summed E-state index contributed by atoms with van der Waals surface area (Å²) >= 11 is 0. The van der Waals surface area contributed by atoms with Crippen LogP contribution in [0.3, 0.4) is 0 Å². The minimum absolute atomic E-state index is 0.00203. The zero-order valence-electron chi connectivity index (χ0n) is 20.9. The maximum Gasteiger partial charge on any atom is 0.247 e. The van der Waals surface area contributed by atoms with E-state index < -0.39 is 0 Å². The molecule has 2 aliphatic heterocycles. The number of carbonyl (C=O) groups is 1. The number of nitrogen functional groups attached to an aromatic ring is 1. The fourth-order valence-electron chi connectivity index (χ4n) is 5.71. The Morgan fingerprint density at radius 2 is 1.78 bits per heavy atom. The zero-order valence-corrected chi connectivity index (χ0v) is 20.9. The minimum Gasteiger partial charge on any atom is -0.493 e. The molecule has 0 saturated carbocycles. The van der Waals surface area contributed by atoms with Crippen molar-refractivity contribution in [2.45, 2.75) is 31.7 Å². The van der Waals surface area contributed by atoms with Crippen LogP contribution < -0.4 is 20.1 Å². The molecule has 1 aromatic carbocycles. The molecule has 0 bridgehead atoms. The summed E-state index contributed by atoms with van der Waals surface area (Å²) in [5, 5.41) is 6.77. The molecule has 0 spiro atoms. The van der Waals surface area contributed by atoms with E-state index in [1.165, 1.54) is 0 Å². The highest BCUT2D eigenvalue weighted by Crippen LogP contribution is 2.38. The Kier molecular flexibility index (Phi) is 5.90. The summed E-state index contributed by atoms with van der Waals surface area (Å²) in [7, 11) is 3.25. The van der Waals surface area contributed by atoms with Gasteiger partial charge in [-0.3, -0.25) is 4.79 Å². The predicted molar refractivity (Wildman–Crippen MR) is 140 cm³/mol. The molecule has 1 saturated heterocycles. The van der Waals surface area contributed by atoms with E-state index >= 15 is 0 Å². The monoisotopic (exact) mass is 502 g/mol. The van der Waals surface area contributed by atoms with Gasteiger partial charge in [0.05, 0.1) is 38.2 Å². The molecule has 1 fully saturated rings. The fraction of sp³-hybridized carbons (Fsp3) is 0.423. The van der Waals surface area contributed by atoms with E-state index in [4.69, 9.17) is 20.3 Å². The third kappa shape index (κ3) is 4.04. The molecular formula is C26H30N8O3. The Morgan fingerprint density at radius 3 is 2.54 bits per heavy atom. The van der Waals surface area contributed by atoms with Gasteiger partial charge in [-0.2, -0.15) is 15.1 Å². The molecule has 0 radical (unpaired) electrons. The quantitative estimate of drug-likeness (QED) is 0.509. The maximum absolute atomic E-state index is 13.7. The van der Waals surface area contributed by atoms with Gasteiger partial charge in [0.1, 0.15) is 5.52 Å². The average molecular weight is 503 g/mol. The van der Waals surface area contributed by atoms with Gasteiger partial charge < -0.3 is 25.1 Å². The number of aromatic nitrogens is 4. The number of anilines is 2. The second-order valence-corrected chi connectivity index (χ2v) is 9.62. The molecule has 2 atom stereocenters. The highest BCUT2D eigenvalue weighted by molar-refractivity contribution is 6.07. The van der Waals surface area contributed by atoms with Crippen LogP contribution in [0.25, 0.3) is 11.2 Å². The van der Waals surface area contributed by atoms with Crippen LogP contribution in [0.1, 0.15) is 31.2 Å². The predicted octanol–water partition coefficient (Wildman–Crippen LogP) is 2.75. The van der Waals surface area contributed by atoms with Crippen molar-refractivity contribution in [1.82, 2.24) is 24.9 Å². The average Bonchev–Trinajstić information content (AvgIpc) is 3.41. The van der Waals surface area contributed by atoms with Crippen molar-refractivity contribution in [3.63, 3.8) is 0 Å². The lowest BCUT2D eigenvalue weighted by Crippen LogP contribution is -2.52. The number of H-pyrrole nitrogens is 1. The number of amides is 1. The van der Waals surface area contributed by atoms with Crippen molar-refractivity contribution in [2.24, 2.45) is 16.9 Å². The van der Waals surface area contributed by atoms with Gasteiger partial charge in [-0.1, -0.05) is 12.2 Å². The third-order valence-electron chi connectivity index (χ3n) is 7.62. The first-order valence-electron chi connectivity index (χ1n) is 12.6. The molecule has 11 nitrogen and oxygen atoms in total.